The summed E-state index contributed by atoms with van der Waals surface area (Å²) in [4.78, 5) is 0. The summed E-state index contributed by atoms with van der Waals surface area (Å²) in [7, 11) is 0. The van der Waals surface area contributed by atoms with Gasteiger partial charge in [-0.25, -0.2) is 0 Å². The second-order valence-corrected chi connectivity index (χ2v) is 3.38. The predicted octanol–water partition coefficient (Wildman–Crippen LogP) is 0.428. The molecule has 0 radical (unpaired) electrons. The molecule has 0 saturated carbocycles. The quantitative estimate of drug-likeness (QED) is 0.522. The molecule has 6 N–H and O–H groups in total. The molecule has 0 rings (SSSR count). The van der Waals surface area contributed by atoms with E-state index < -0.39 is 0 Å². The molecular formula is C9H23N3. The van der Waals surface area contributed by atoms with Gasteiger partial charge in [0, 0.05) is 6.04 Å². The van der Waals surface area contributed by atoms with E-state index in [1.165, 1.54) is 0 Å². The fraction of sp³-hybridized carbons (Fsp3) is 1.00. The lowest BCUT2D eigenvalue weighted by molar-refractivity contribution is 0.375. The molecule has 0 spiro atoms. The fourth-order valence-corrected chi connectivity index (χ4v) is 1.46. The smallest absolute Gasteiger partial charge is 0.00791 e. The highest BCUT2D eigenvalue weighted by Gasteiger charge is 2.14. The molecule has 0 aliphatic heterocycles. The van der Waals surface area contributed by atoms with E-state index in [1.54, 1.807) is 0 Å². The Labute approximate surface area is 75.7 Å². The van der Waals surface area contributed by atoms with Gasteiger partial charge in [0.25, 0.3) is 0 Å². The predicted molar refractivity (Wildman–Crippen MR) is 53.7 cm³/mol. The summed E-state index contributed by atoms with van der Waals surface area (Å²) in [5.41, 5.74) is 17.0. The minimum atomic E-state index is 0.270. The Morgan fingerprint density at radius 3 is 2.25 bits per heavy atom. The van der Waals surface area contributed by atoms with E-state index in [-0.39, 0.29) is 6.04 Å². The van der Waals surface area contributed by atoms with Crippen molar-refractivity contribution in [2.24, 2.45) is 23.1 Å². The van der Waals surface area contributed by atoms with Crippen LogP contribution in [0.25, 0.3) is 0 Å². The standard InChI is InChI=1S/C9H23N3/c1-2-4-9(12)8(7-11)5-3-6-10/h8-9H,2-7,10-12H2,1H3. The van der Waals surface area contributed by atoms with E-state index in [1.807, 2.05) is 0 Å². The summed E-state index contributed by atoms with van der Waals surface area (Å²) in [6, 6.07) is 0.270. The first-order chi connectivity index (χ1) is 5.76. The third-order valence-electron chi connectivity index (χ3n) is 2.31. The maximum atomic E-state index is 5.96. The van der Waals surface area contributed by atoms with Crippen molar-refractivity contribution in [2.45, 2.75) is 38.6 Å². The highest BCUT2D eigenvalue weighted by Crippen LogP contribution is 2.11. The van der Waals surface area contributed by atoms with Crippen LogP contribution in [0.1, 0.15) is 32.6 Å². The van der Waals surface area contributed by atoms with Gasteiger partial charge in [-0.1, -0.05) is 13.3 Å². The van der Waals surface area contributed by atoms with Gasteiger partial charge in [-0.3, -0.25) is 0 Å². The monoisotopic (exact) mass is 173 g/mol. The molecule has 74 valence electrons. The van der Waals surface area contributed by atoms with Gasteiger partial charge >= 0.3 is 0 Å². The molecule has 0 aromatic carbocycles. The Balaban J connectivity index is 3.62. The summed E-state index contributed by atoms with van der Waals surface area (Å²) in [5, 5.41) is 0. The maximum absolute atomic E-state index is 5.96. The SMILES string of the molecule is CCCC(N)C(CN)CCCN. The molecule has 3 heteroatoms. The van der Waals surface area contributed by atoms with Crippen molar-refractivity contribution < 1.29 is 0 Å². The zero-order valence-electron chi connectivity index (χ0n) is 8.13. The van der Waals surface area contributed by atoms with Crippen molar-refractivity contribution in [1.82, 2.24) is 0 Å². The van der Waals surface area contributed by atoms with E-state index in [4.69, 9.17) is 17.2 Å². The van der Waals surface area contributed by atoms with Gasteiger partial charge in [0.15, 0.2) is 0 Å². The minimum absolute atomic E-state index is 0.270. The molecule has 2 atom stereocenters. The van der Waals surface area contributed by atoms with E-state index in [9.17, 15) is 0 Å². The summed E-state index contributed by atoms with van der Waals surface area (Å²) in [6.07, 6.45) is 4.33. The highest BCUT2D eigenvalue weighted by atomic mass is 14.7. The molecule has 0 amide bonds. The molecule has 2 unspecified atom stereocenters. The first kappa shape index (κ1) is 11.9. The number of nitrogens with two attached hydrogens (primary N) is 3. The normalized spacial score (nSPS) is 16.0. The zero-order chi connectivity index (χ0) is 9.40. The summed E-state index contributed by atoms with van der Waals surface area (Å²) < 4.78 is 0. The Morgan fingerprint density at radius 2 is 1.83 bits per heavy atom. The maximum Gasteiger partial charge on any atom is 0.00791 e. The molecule has 0 aliphatic carbocycles. The van der Waals surface area contributed by atoms with Gasteiger partial charge in [0.05, 0.1) is 0 Å². The van der Waals surface area contributed by atoms with Crippen molar-refractivity contribution in [1.29, 1.82) is 0 Å². The summed E-state index contributed by atoms with van der Waals surface area (Å²) >= 11 is 0. The highest BCUT2D eigenvalue weighted by molar-refractivity contribution is 4.73. The minimum Gasteiger partial charge on any atom is -0.330 e. The van der Waals surface area contributed by atoms with Crippen LogP contribution in [0.2, 0.25) is 0 Å². The molecule has 0 bridgehead atoms. The summed E-state index contributed by atoms with van der Waals surface area (Å²) in [5.74, 6) is 0.466. The molecule has 12 heavy (non-hydrogen) atoms. The van der Waals surface area contributed by atoms with E-state index >= 15 is 0 Å². The van der Waals surface area contributed by atoms with Crippen LogP contribution < -0.4 is 17.2 Å². The molecule has 3 nitrogen and oxygen atoms in total. The molecule has 0 aliphatic rings. The lowest BCUT2D eigenvalue weighted by Crippen LogP contribution is -2.35. The van der Waals surface area contributed by atoms with Crippen LogP contribution in [0.4, 0.5) is 0 Å². The van der Waals surface area contributed by atoms with Gasteiger partial charge in [0.2, 0.25) is 0 Å². The van der Waals surface area contributed by atoms with Crippen LogP contribution in [0.5, 0.6) is 0 Å². The van der Waals surface area contributed by atoms with Crippen molar-refractivity contribution >= 4 is 0 Å². The van der Waals surface area contributed by atoms with Crippen LogP contribution >= 0.6 is 0 Å². The van der Waals surface area contributed by atoms with Crippen LogP contribution in [0, 0.1) is 5.92 Å². The first-order valence-corrected chi connectivity index (χ1v) is 4.92. The van der Waals surface area contributed by atoms with Gasteiger partial charge in [0.1, 0.15) is 0 Å². The average molecular weight is 173 g/mol. The number of hydrogen-bond acceptors (Lipinski definition) is 3. The van der Waals surface area contributed by atoms with Crippen molar-refractivity contribution in [2.75, 3.05) is 13.1 Å². The van der Waals surface area contributed by atoms with Gasteiger partial charge in [-0.15, -0.1) is 0 Å². The van der Waals surface area contributed by atoms with E-state index in [2.05, 4.69) is 6.92 Å². The second kappa shape index (κ2) is 7.53. The Bertz CT molecular complexity index is 95.8. The Hall–Kier alpha value is -0.120. The van der Waals surface area contributed by atoms with Gasteiger partial charge in [-0.2, -0.15) is 0 Å². The van der Waals surface area contributed by atoms with E-state index in [0.717, 1.165) is 32.2 Å². The zero-order valence-corrected chi connectivity index (χ0v) is 8.13. The van der Waals surface area contributed by atoms with Crippen LogP contribution in [-0.4, -0.2) is 19.1 Å². The van der Waals surface area contributed by atoms with Crippen LogP contribution in [0.3, 0.4) is 0 Å². The lowest BCUT2D eigenvalue weighted by atomic mass is 9.92. The average Bonchev–Trinajstić information content (AvgIpc) is 2.06. The topological polar surface area (TPSA) is 78.1 Å². The Morgan fingerprint density at radius 1 is 1.17 bits per heavy atom. The van der Waals surface area contributed by atoms with Crippen molar-refractivity contribution in [3.8, 4) is 0 Å². The van der Waals surface area contributed by atoms with Crippen molar-refractivity contribution in [3.63, 3.8) is 0 Å². The van der Waals surface area contributed by atoms with Gasteiger partial charge < -0.3 is 17.2 Å². The van der Waals surface area contributed by atoms with E-state index in [0.29, 0.717) is 12.5 Å². The second-order valence-electron chi connectivity index (χ2n) is 3.38. The fourth-order valence-electron chi connectivity index (χ4n) is 1.46. The molecule has 0 aromatic heterocycles. The van der Waals surface area contributed by atoms with Crippen molar-refractivity contribution in [3.05, 3.63) is 0 Å². The molecule has 0 fully saturated rings. The summed E-state index contributed by atoms with van der Waals surface area (Å²) in [6.45, 7) is 3.59. The third kappa shape index (κ3) is 4.70. The molecule has 0 heterocycles. The number of rotatable bonds is 7. The van der Waals surface area contributed by atoms with Crippen LogP contribution in [0.15, 0.2) is 0 Å². The molecule has 0 aromatic rings. The van der Waals surface area contributed by atoms with Gasteiger partial charge in [-0.05, 0) is 38.3 Å². The first-order valence-electron chi connectivity index (χ1n) is 4.92. The third-order valence-corrected chi connectivity index (χ3v) is 2.31. The number of hydrogen-bond donors (Lipinski definition) is 3. The molecular weight excluding hydrogens is 150 g/mol. The molecule has 0 saturated heterocycles. The largest absolute Gasteiger partial charge is 0.330 e. The lowest BCUT2D eigenvalue weighted by Gasteiger charge is -2.21. The van der Waals surface area contributed by atoms with Crippen LogP contribution in [-0.2, 0) is 0 Å². The Kier molecular flexibility index (Phi) is 7.45.